The van der Waals surface area contributed by atoms with Gasteiger partial charge in [0.05, 0.1) is 5.92 Å². The van der Waals surface area contributed by atoms with Crippen molar-refractivity contribution in [3.8, 4) is 5.69 Å². The van der Waals surface area contributed by atoms with Gasteiger partial charge in [0, 0.05) is 30.3 Å². The van der Waals surface area contributed by atoms with Crippen LogP contribution in [0.2, 0.25) is 0 Å². The van der Waals surface area contributed by atoms with Crippen LogP contribution in [0, 0.1) is 5.92 Å². The second-order valence-electron chi connectivity index (χ2n) is 5.17. The van der Waals surface area contributed by atoms with E-state index in [9.17, 15) is 4.79 Å². The fourth-order valence-corrected chi connectivity index (χ4v) is 2.57. The van der Waals surface area contributed by atoms with Gasteiger partial charge in [-0.15, -0.1) is 0 Å². The zero-order valence-electron chi connectivity index (χ0n) is 11.4. The third-order valence-corrected chi connectivity index (χ3v) is 3.68. The van der Waals surface area contributed by atoms with Crippen molar-refractivity contribution >= 4 is 11.6 Å². The van der Waals surface area contributed by atoms with Gasteiger partial charge in [-0.3, -0.25) is 4.79 Å². The van der Waals surface area contributed by atoms with E-state index in [1.165, 1.54) is 0 Å². The molecule has 0 saturated carbocycles. The van der Waals surface area contributed by atoms with Gasteiger partial charge >= 0.3 is 0 Å². The Kier molecular flexibility index (Phi) is 3.83. The maximum atomic E-state index is 12.2. The molecule has 104 valence electrons. The third kappa shape index (κ3) is 2.91. The van der Waals surface area contributed by atoms with Crippen molar-refractivity contribution in [1.29, 1.82) is 0 Å². The summed E-state index contributed by atoms with van der Waals surface area (Å²) in [6.45, 7) is 1.80. The van der Waals surface area contributed by atoms with Gasteiger partial charge in [-0.25, -0.2) is 0 Å². The van der Waals surface area contributed by atoms with Gasteiger partial charge < -0.3 is 15.2 Å². The van der Waals surface area contributed by atoms with Crippen LogP contribution in [0.4, 0.5) is 5.69 Å². The van der Waals surface area contributed by atoms with E-state index >= 15 is 0 Å². The number of hydrogen-bond acceptors (Lipinski definition) is 2. The Bertz CT molecular complexity index is 571. The number of piperidine rings is 1. The summed E-state index contributed by atoms with van der Waals surface area (Å²) in [6, 6.07) is 11.9. The van der Waals surface area contributed by atoms with Crippen molar-refractivity contribution in [2.75, 3.05) is 18.4 Å². The Morgan fingerprint density at radius 2 is 2.10 bits per heavy atom. The molecule has 2 aromatic rings. The number of benzene rings is 1. The molecule has 1 aromatic heterocycles. The van der Waals surface area contributed by atoms with Crippen LogP contribution in [0.5, 0.6) is 0 Å². The van der Waals surface area contributed by atoms with E-state index in [0.717, 1.165) is 37.3 Å². The number of aromatic nitrogens is 1. The van der Waals surface area contributed by atoms with Crippen LogP contribution >= 0.6 is 0 Å². The largest absolute Gasteiger partial charge is 0.326 e. The van der Waals surface area contributed by atoms with E-state index in [4.69, 9.17) is 0 Å². The molecule has 4 nitrogen and oxygen atoms in total. The summed E-state index contributed by atoms with van der Waals surface area (Å²) in [7, 11) is 0. The summed E-state index contributed by atoms with van der Waals surface area (Å²) in [5.41, 5.74) is 1.90. The molecule has 0 radical (unpaired) electrons. The van der Waals surface area contributed by atoms with E-state index in [2.05, 4.69) is 10.6 Å². The topological polar surface area (TPSA) is 46.1 Å². The molecule has 1 aliphatic heterocycles. The monoisotopic (exact) mass is 269 g/mol. The molecule has 2 N–H and O–H groups in total. The lowest BCUT2D eigenvalue weighted by atomic mass is 9.99. The number of rotatable bonds is 3. The summed E-state index contributed by atoms with van der Waals surface area (Å²) in [5, 5.41) is 6.29. The van der Waals surface area contributed by atoms with Crippen molar-refractivity contribution < 1.29 is 4.79 Å². The molecular formula is C16H19N3O. The standard InChI is InChI=1S/C16H19N3O/c20-16(13-5-4-8-17-12-13)18-14-6-3-7-15(11-14)19-9-1-2-10-19/h1-3,6-7,9-11,13,17H,4-5,8,12H2,(H,18,20)/t13-/m1/s1. The average Bonchev–Trinajstić information content (AvgIpc) is 3.03. The molecular weight excluding hydrogens is 250 g/mol. The van der Waals surface area contributed by atoms with Crippen LogP contribution in [-0.2, 0) is 4.79 Å². The second-order valence-corrected chi connectivity index (χ2v) is 5.17. The Morgan fingerprint density at radius 1 is 1.25 bits per heavy atom. The van der Waals surface area contributed by atoms with E-state index in [1.807, 2.05) is 53.4 Å². The third-order valence-electron chi connectivity index (χ3n) is 3.68. The molecule has 2 heterocycles. The minimum atomic E-state index is 0.0824. The highest BCUT2D eigenvalue weighted by molar-refractivity contribution is 5.93. The SMILES string of the molecule is O=C(Nc1cccc(-n2cccc2)c1)[C@@H]1CCCNC1. The molecule has 1 fully saturated rings. The normalized spacial score (nSPS) is 18.7. The van der Waals surface area contributed by atoms with Gasteiger partial charge in [-0.1, -0.05) is 6.07 Å². The van der Waals surface area contributed by atoms with Crippen molar-refractivity contribution in [3.05, 3.63) is 48.8 Å². The first kappa shape index (κ1) is 12.9. The lowest BCUT2D eigenvalue weighted by molar-refractivity contribution is -0.120. The lowest BCUT2D eigenvalue weighted by Gasteiger charge is -2.22. The first-order chi connectivity index (χ1) is 9.83. The molecule has 0 spiro atoms. The minimum Gasteiger partial charge on any atom is -0.326 e. The number of carbonyl (C=O) groups excluding carboxylic acids is 1. The highest BCUT2D eigenvalue weighted by Gasteiger charge is 2.20. The minimum absolute atomic E-state index is 0.0824. The van der Waals surface area contributed by atoms with Crippen LogP contribution in [0.25, 0.3) is 5.69 Å². The number of anilines is 1. The molecule has 4 heteroatoms. The van der Waals surface area contributed by atoms with E-state index in [-0.39, 0.29) is 11.8 Å². The van der Waals surface area contributed by atoms with E-state index in [1.54, 1.807) is 0 Å². The lowest BCUT2D eigenvalue weighted by Crippen LogP contribution is -2.37. The Labute approximate surface area is 118 Å². The number of hydrogen-bond donors (Lipinski definition) is 2. The van der Waals surface area contributed by atoms with Gasteiger partial charge in [-0.05, 0) is 49.7 Å². The first-order valence-electron chi connectivity index (χ1n) is 7.08. The van der Waals surface area contributed by atoms with E-state index < -0.39 is 0 Å². The van der Waals surface area contributed by atoms with Crippen molar-refractivity contribution in [2.45, 2.75) is 12.8 Å². The van der Waals surface area contributed by atoms with Gasteiger partial charge in [0.15, 0.2) is 0 Å². The van der Waals surface area contributed by atoms with Gasteiger partial charge in [0.1, 0.15) is 0 Å². The molecule has 0 unspecified atom stereocenters. The number of amides is 1. The summed E-state index contributed by atoms with van der Waals surface area (Å²) in [5.74, 6) is 0.195. The summed E-state index contributed by atoms with van der Waals surface area (Å²) >= 11 is 0. The van der Waals surface area contributed by atoms with Crippen LogP contribution in [0.1, 0.15) is 12.8 Å². The summed E-state index contributed by atoms with van der Waals surface area (Å²) < 4.78 is 2.03. The number of carbonyl (C=O) groups is 1. The number of nitrogens with zero attached hydrogens (tertiary/aromatic N) is 1. The molecule has 20 heavy (non-hydrogen) atoms. The maximum absolute atomic E-state index is 12.2. The first-order valence-corrected chi connectivity index (χ1v) is 7.08. The Morgan fingerprint density at radius 3 is 2.85 bits per heavy atom. The zero-order valence-corrected chi connectivity index (χ0v) is 11.4. The van der Waals surface area contributed by atoms with Gasteiger partial charge in [0.2, 0.25) is 5.91 Å². The Hall–Kier alpha value is -2.07. The van der Waals surface area contributed by atoms with Crippen molar-refractivity contribution in [3.63, 3.8) is 0 Å². The molecule has 1 aromatic carbocycles. The van der Waals surface area contributed by atoms with Crippen LogP contribution in [-0.4, -0.2) is 23.6 Å². The van der Waals surface area contributed by atoms with Crippen LogP contribution in [0.3, 0.4) is 0 Å². The molecule has 0 bridgehead atoms. The molecule has 3 rings (SSSR count). The van der Waals surface area contributed by atoms with Crippen molar-refractivity contribution in [2.24, 2.45) is 5.92 Å². The fourth-order valence-electron chi connectivity index (χ4n) is 2.57. The van der Waals surface area contributed by atoms with Gasteiger partial charge in [0.25, 0.3) is 0 Å². The predicted molar refractivity (Wildman–Crippen MR) is 80.0 cm³/mol. The van der Waals surface area contributed by atoms with Crippen LogP contribution < -0.4 is 10.6 Å². The van der Waals surface area contributed by atoms with Crippen molar-refractivity contribution in [1.82, 2.24) is 9.88 Å². The second kappa shape index (κ2) is 5.92. The highest BCUT2D eigenvalue weighted by atomic mass is 16.1. The quantitative estimate of drug-likeness (QED) is 0.899. The molecule has 1 atom stereocenters. The predicted octanol–water partition coefficient (Wildman–Crippen LogP) is 2.42. The molecule has 1 amide bonds. The fraction of sp³-hybridized carbons (Fsp3) is 0.312. The number of nitrogens with one attached hydrogen (secondary N) is 2. The summed E-state index contributed by atoms with van der Waals surface area (Å²) in [4.78, 5) is 12.2. The van der Waals surface area contributed by atoms with E-state index in [0.29, 0.717) is 0 Å². The maximum Gasteiger partial charge on any atom is 0.228 e. The Balaban J connectivity index is 1.71. The average molecular weight is 269 g/mol. The van der Waals surface area contributed by atoms with Gasteiger partial charge in [-0.2, -0.15) is 0 Å². The summed E-state index contributed by atoms with van der Waals surface area (Å²) in [6.07, 6.45) is 6.02. The molecule has 1 aliphatic rings. The molecule has 0 aliphatic carbocycles. The zero-order chi connectivity index (χ0) is 13.8. The highest BCUT2D eigenvalue weighted by Crippen LogP contribution is 2.17. The smallest absolute Gasteiger partial charge is 0.228 e. The van der Waals surface area contributed by atoms with Crippen LogP contribution in [0.15, 0.2) is 48.8 Å². The molecule has 1 saturated heterocycles.